The molecular weight excluding hydrogens is 396 g/mol. The number of hydrogen-bond acceptors (Lipinski definition) is 6. The van der Waals surface area contributed by atoms with Crippen LogP contribution in [0.15, 0.2) is 11.4 Å². The van der Waals surface area contributed by atoms with Gasteiger partial charge in [0.1, 0.15) is 0 Å². The lowest BCUT2D eigenvalue weighted by molar-refractivity contribution is 0.102. The highest BCUT2D eigenvalue weighted by Crippen LogP contribution is 2.40. The number of aryl methyl sites for hydroxylation is 2. The number of anilines is 1. The molecule has 3 aromatic heterocycles. The Kier molecular flexibility index (Phi) is 5.06. The number of carbonyl (C=O) groups is 1. The van der Waals surface area contributed by atoms with Gasteiger partial charge in [-0.2, -0.15) is 5.10 Å². The molecule has 0 radical (unpaired) electrons. The van der Waals surface area contributed by atoms with Gasteiger partial charge in [0.25, 0.3) is 5.91 Å². The minimum absolute atomic E-state index is 0.131. The van der Waals surface area contributed by atoms with E-state index in [0.29, 0.717) is 16.6 Å². The summed E-state index contributed by atoms with van der Waals surface area (Å²) in [5, 5.41) is 11.1. The maximum atomic E-state index is 13.2. The summed E-state index contributed by atoms with van der Waals surface area (Å²) in [6, 6.07) is 1.95. The van der Waals surface area contributed by atoms with Gasteiger partial charge in [-0.3, -0.25) is 19.7 Å². The standard InChI is InChI=1S/C22H28N6OS/c1-13-6-8-28(9-7-13)11-16-12-30-22(23-16)25-21(29)17-10-18(15-4-5-15)24-20-19(17)14(2)26-27(20)3/h10,12-13,15H,4-9,11H2,1-3H3,(H,23,25,29). The molecule has 0 aromatic carbocycles. The van der Waals surface area contributed by atoms with Gasteiger partial charge in [0.2, 0.25) is 0 Å². The van der Waals surface area contributed by atoms with Crippen LogP contribution in [0, 0.1) is 12.8 Å². The van der Waals surface area contributed by atoms with Crippen LogP contribution in [0.25, 0.3) is 11.0 Å². The Morgan fingerprint density at radius 2 is 2.00 bits per heavy atom. The molecular formula is C22H28N6OS. The van der Waals surface area contributed by atoms with Crippen LogP contribution in [0.4, 0.5) is 5.13 Å². The van der Waals surface area contributed by atoms with E-state index in [1.54, 1.807) is 4.68 Å². The highest BCUT2D eigenvalue weighted by Gasteiger charge is 2.28. The molecule has 0 bridgehead atoms. The van der Waals surface area contributed by atoms with Crippen molar-refractivity contribution in [2.24, 2.45) is 13.0 Å². The lowest BCUT2D eigenvalue weighted by Crippen LogP contribution is -2.32. The van der Waals surface area contributed by atoms with Crippen LogP contribution in [0.5, 0.6) is 0 Å². The van der Waals surface area contributed by atoms with Crippen LogP contribution in [0.1, 0.15) is 66.0 Å². The van der Waals surface area contributed by atoms with E-state index in [2.05, 4.69) is 32.6 Å². The van der Waals surface area contributed by atoms with Crippen molar-refractivity contribution in [3.8, 4) is 0 Å². The molecule has 0 unspecified atom stereocenters. The summed E-state index contributed by atoms with van der Waals surface area (Å²) in [4.78, 5) is 25.1. The van der Waals surface area contributed by atoms with Crippen molar-refractivity contribution in [3.05, 3.63) is 34.1 Å². The summed E-state index contributed by atoms with van der Waals surface area (Å²) < 4.78 is 1.77. The molecule has 0 atom stereocenters. The fourth-order valence-corrected chi connectivity index (χ4v) is 4.98. The summed E-state index contributed by atoms with van der Waals surface area (Å²) >= 11 is 1.49. The lowest BCUT2D eigenvalue weighted by atomic mass is 9.99. The lowest BCUT2D eigenvalue weighted by Gasteiger charge is -2.29. The van der Waals surface area contributed by atoms with Crippen molar-refractivity contribution >= 4 is 33.4 Å². The Balaban J connectivity index is 1.36. The van der Waals surface area contributed by atoms with E-state index < -0.39 is 0 Å². The summed E-state index contributed by atoms with van der Waals surface area (Å²) in [6.07, 6.45) is 4.78. The van der Waals surface area contributed by atoms with Crippen molar-refractivity contribution in [1.29, 1.82) is 0 Å². The van der Waals surface area contributed by atoms with Gasteiger partial charge in [0.15, 0.2) is 10.8 Å². The number of thiazole rings is 1. The maximum Gasteiger partial charge on any atom is 0.258 e. The average molecular weight is 425 g/mol. The Labute approximate surface area is 180 Å². The number of hydrogen-bond donors (Lipinski definition) is 1. The number of pyridine rings is 1. The van der Waals surface area contributed by atoms with Crippen molar-refractivity contribution in [2.75, 3.05) is 18.4 Å². The van der Waals surface area contributed by atoms with Crippen molar-refractivity contribution in [3.63, 3.8) is 0 Å². The molecule has 0 spiro atoms. The van der Waals surface area contributed by atoms with Gasteiger partial charge in [0, 0.05) is 30.6 Å². The van der Waals surface area contributed by atoms with Gasteiger partial charge >= 0.3 is 0 Å². The molecule has 7 nitrogen and oxygen atoms in total. The largest absolute Gasteiger partial charge is 0.298 e. The number of nitrogens with zero attached hydrogens (tertiary/aromatic N) is 5. The zero-order chi connectivity index (χ0) is 20.8. The summed E-state index contributed by atoms with van der Waals surface area (Å²) in [5.41, 5.74) is 4.28. The Bertz CT molecular complexity index is 1090. The van der Waals surface area contributed by atoms with E-state index in [1.165, 1.54) is 24.2 Å². The number of likely N-dealkylation sites (tertiary alicyclic amines) is 1. The second kappa shape index (κ2) is 7.74. The van der Waals surface area contributed by atoms with Gasteiger partial charge in [-0.1, -0.05) is 6.92 Å². The number of rotatable bonds is 5. The molecule has 1 saturated heterocycles. The first-order chi connectivity index (χ1) is 14.5. The topological polar surface area (TPSA) is 75.9 Å². The second-order valence-corrected chi connectivity index (χ2v) is 9.69. The van der Waals surface area contributed by atoms with E-state index in [4.69, 9.17) is 4.98 Å². The monoisotopic (exact) mass is 424 g/mol. The van der Waals surface area contributed by atoms with Crippen molar-refractivity contribution in [2.45, 2.75) is 52.0 Å². The maximum absolute atomic E-state index is 13.2. The average Bonchev–Trinajstić information content (AvgIpc) is 3.43. The number of carbonyl (C=O) groups excluding carboxylic acids is 1. The molecule has 5 rings (SSSR count). The zero-order valence-electron chi connectivity index (χ0n) is 17.8. The smallest absolute Gasteiger partial charge is 0.258 e. The van der Waals surface area contributed by atoms with Crippen LogP contribution >= 0.6 is 11.3 Å². The zero-order valence-corrected chi connectivity index (χ0v) is 18.6. The normalized spacial score (nSPS) is 18.2. The predicted molar refractivity (Wildman–Crippen MR) is 119 cm³/mol. The molecule has 3 aromatic rings. The minimum Gasteiger partial charge on any atom is -0.298 e. The van der Waals surface area contributed by atoms with Gasteiger partial charge in [-0.25, -0.2) is 9.97 Å². The van der Waals surface area contributed by atoms with E-state index in [9.17, 15) is 4.79 Å². The summed E-state index contributed by atoms with van der Waals surface area (Å²) in [7, 11) is 1.88. The molecule has 1 aliphatic carbocycles. The molecule has 4 heterocycles. The number of piperidine rings is 1. The molecule has 1 aliphatic heterocycles. The molecule has 158 valence electrons. The first kappa shape index (κ1) is 19.6. The molecule has 1 saturated carbocycles. The van der Waals surface area contributed by atoms with E-state index in [-0.39, 0.29) is 5.91 Å². The fraction of sp³-hybridized carbons (Fsp3) is 0.545. The second-order valence-electron chi connectivity index (χ2n) is 8.83. The van der Waals surface area contributed by atoms with Crippen LogP contribution in [0.2, 0.25) is 0 Å². The first-order valence-corrected chi connectivity index (χ1v) is 11.7. The molecule has 1 N–H and O–H groups in total. The highest BCUT2D eigenvalue weighted by molar-refractivity contribution is 7.14. The third-order valence-electron chi connectivity index (χ3n) is 6.26. The molecule has 8 heteroatoms. The number of fused-ring (bicyclic) bond motifs is 1. The van der Waals surface area contributed by atoms with E-state index in [1.807, 2.05) is 20.0 Å². The van der Waals surface area contributed by atoms with Gasteiger partial charge in [-0.05, 0) is 57.7 Å². The Hall–Kier alpha value is -2.32. The molecule has 1 amide bonds. The summed E-state index contributed by atoms with van der Waals surface area (Å²) in [5.74, 6) is 1.16. The molecule has 2 aliphatic rings. The number of aromatic nitrogens is 4. The summed E-state index contributed by atoms with van der Waals surface area (Å²) in [6.45, 7) is 7.35. The van der Waals surface area contributed by atoms with Crippen LogP contribution in [-0.4, -0.2) is 43.6 Å². The van der Waals surface area contributed by atoms with Crippen LogP contribution in [0.3, 0.4) is 0 Å². The number of amides is 1. The van der Waals surface area contributed by atoms with Crippen molar-refractivity contribution in [1.82, 2.24) is 24.6 Å². The fourth-order valence-electron chi connectivity index (χ4n) is 4.28. The van der Waals surface area contributed by atoms with Crippen LogP contribution in [-0.2, 0) is 13.6 Å². The van der Waals surface area contributed by atoms with Gasteiger partial charge in [0.05, 0.1) is 22.3 Å². The van der Waals surface area contributed by atoms with Gasteiger partial charge < -0.3 is 0 Å². The Morgan fingerprint density at radius 3 is 2.73 bits per heavy atom. The molecule has 2 fully saturated rings. The first-order valence-electron chi connectivity index (χ1n) is 10.8. The van der Waals surface area contributed by atoms with Gasteiger partial charge in [-0.15, -0.1) is 11.3 Å². The van der Waals surface area contributed by atoms with Crippen LogP contribution < -0.4 is 5.32 Å². The highest BCUT2D eigenvalue weighted by atomic mass is 32.1. The Morgan fingerprint density at radius 1 is 1.23 bits per heavy atom. The van der Waals surface area contributed by atoms with Crippen molar-refractivity contribution < 1.29 is 4.79 Å². The quantitative estimate of drug-likeness (QED) is 0.667. The number of nitrogens with one attached hydrogen (secondary N) is 1. The van der Waals surface area contributed by atoms with E-state index >= 15 is 0 Å². The van der Waals surface area contributed by atoms with E-state index in [0.717, 1.165) is 66.5 Å². The SMILES string of the molecule is Cc1nn(C)c2nc(C3CC3)cc(C(=O)Nc3nc(CN4CCC(C)CC4)cs3)c12. The molecule has 30 heavy (non-hydrogen) atoms. The predicted octanol–water partition coefficient (Wildman–Crippen LogP) is 4.09. The third-order valence-corrected chi connectivity index (χ3v) is 7.07. The minimum atomic E-state index is -0.131. The third kappa shape index (κ3) is 3.86.